The smallest absolute Gasteiger partial charge is 0.230 e. The van der Waals surface area contributed by atoms with Gasteiger partial charge in [0.25, 0.3) is 0 Å². The summed E-state index contributed by atoms with van der Waals surface area (Å²) in [5, 5.41) is 10.4. The zero-order valence-electron chi connectivity index (χ0n) is 18.3. The Balaban J connectivity index is 1.48. The van der Waals surface area contributed by atoms with Crippen molar-refractivity contribution in [3.05, 3.63) is 93.2 Å². The van der Waals surface area contributed by atoms with Crippen LogP contribution in [0.2, 0.25) is 0 Å². The highest BCUT2D eigenvalue weighted by atomic mass is 32.1. The van der Waals surface area contributed by atoms with Crippen molar-refractivity contribution in [1.82, 2.24) is 14.8 Å². The number of thiazole rings is 1. The van der Waals surface area contributed by atoms with Gasteiger partial charge in [0.05, 0.1) is 17.8 Å². The van der Waals surface area contributed by atoms with Crippen LogP contribution in [0.1, 0.15) is 39.3 Å². The number of hydrogen-bond donors (Lipinski definition) is 1. The Labute approximate surface area is 186 Å². The zero-order chi connectivity index (χ0) is 22.0. The number of nitrogens with zero attached hydrogens (tertiary/aromatic N) is 3. The topological polar surface area (TPSA) is 59.8 Å². The van der Waals surface area contributed by atoms with Crippen LogP contribution in [-0.2, 0) is 17.6 Å². The standard InChI is InChI=1S/C25H26N4OS/c1-16-10-11-23(17(2)12-16)27-24(30)14-21-15-31-25(26-21)29-19(4)22(18(3)28-29)13-20-8-6-5-7-9-20/h5-12,15H,13-14H2,1-4H3,(H,27,30). The van der Waals surface area contributed by atoms with E-state index in [1.807, 2.05) is 49.0 Å². The van der Waals surface area contributed by atoms with Crippen molar-refractivity contribution >= 4 is 22.9 Å². The zero-order valence-corrected chi connectivity index (χ0v) is 19.1. The summed E-state index contributed by atoms with van der Waals surface area (Å²) in [7, 11) is 0. The monoisotopic (exact) mass is 430 g/mol. The molecular formula is C25H26N4OS. The molecule has 31 heavy (non-hydrogen) atoms. The first-order valence-corrected chi connectivity index (χ1v) is 11.2. The Kier molecular flexibility index (Phi) is 6.00. The van der Waals surface area contributed by atoms with E-state index in [2.05, 4.69) is 47.6 Å². The molecule has 4 rings (SSSR count). The maximum atomic E-state index is 12.5. The summed E-state index contributed by atoms with van der Waals surface area (Å²) < 4.78 is 1.89. The number of carbonyl (C=O) groups is 1. The van der Waals surface area contributed by atoms with E-state index >= 15 is 0 Å². The fraction of sp³-hybridized carbons (Fsp3) is 0.240. The van der Waals surface area contributed by atoms with E-state index < -0.39 is 0 Å². The third kappa shape index (κ3) is 4.75. The summed E-state index contributed by atoms with van der Waals surface area (Å²) in [6.07, 6.45) is 1.08. The molecule has 4 aromatic rings. The molecule has 1 N–H and O–H groups in total. The van der Waals surface area contributed by atoms with E-state index in [0.717, 1.165) is 39.9 Å². The molecule has 0 unspecified atom stereocenters. The summed E-state index contributed by atoms with van der Waals surface area (Å²) in [6.45, 7) is 8.15. The van der Waals surface area contributed by atoms with Crippen LogP contribution in [0.4, 0.5) is 5.69 Å². The Hall–Kier alpha value is -3.25. The van der Waals surface area contributed by atoms with Crippen LogP contribution in [0.15, 0.2) is 53.9 Å². The Morgan fingerprint density at radius 2 is 1.84 bits per heavy atom. The molecule has 0 fully saturated rings. The SMILES string of the molecule is Cc1ccc(NC(=O)Cc2csc(-n3nc(C)c(Cc4ccccc4)c3C)n2)c(C)c1. The summed E-state index contributed by atoms with van der Waals surface area (Å²) in [5.74, 6) is -0.0677. The molecule has 0 aliphatic carbocycles. The third-order valence-corrected chi connectivity index (χ3v) is 6.25. The minimum atomic E-state index is -0.0677. The molecule has 0 aliphatic heterocycles. The first kappa shape index (κ1) is 21.0. The molecule has 2 aromatic carbocycles. The van der Waals surface area contributed by atoms with Gasteiger partial charge in [-0.25, -0.2) is 9.67 Å². The van der Waals surface area contributed by atoms with E-state index in [0.29, 0.717) is 0 Å². The maximum absolute atomic E-state index is 12.5. The number of aromatic nitrogens is 3. The van der Waals surface area contributed by atoms with E-state index in [-0.39, 0.29) is 12.3 Å². The summed E-state index contributed by atoms with van der Waals surface area (Å²) in [5.41, 5.74) is 8.39. The number of nitrogens with one attached hydrogen (secondary N) is 1. The van der Waals surface area contributed by atoms with Gasteiger partial charge in [-0.15, -0.1) is 11.3 Å². The van der Waals surface area contributed by atoms with Crippen LogP contribution in [-0.4, -0.2) is 20.7 Å². The molecule has 0 saturated heterocycles. The van der Waals surface area contributed by atoms with Gasteiger partial charge in [-0.05, 0) is 44.9 Å². The molecule has 6 heteroatoms. The maximum Gasteiger partial charge on any atom is 0.230 e. The average Bonchev–Trinajstić information content (AvgIpc) is 3.30. The van der Waals surface area contributed by atoms with Crippen molar-refractivity contribution in [3.63, 3.8) is 0 Å². The molecule has 1 amide bonds. The van der Waals surface area contributed by atoms with Crippen LogP contribution in [0, 0.1) is 27.7 Å². The number of carbonyl (C=O) groups excluding carboxylic acids is 1. The highest BCUT2D eigenvalue weighted by Gasteiger charge is 2.16. The lowest BCUT2D eigenvalue weighted by Gasteiger charge is -2.08. The summed E-state index contributed by atoms with van der Waals surface area (Å²) in [4.78, 5) is 17.2. The molecule has 0 radical (unpaired) electrons. The first-order valence-electron chi connectivity index (χ1n) is 10.3. The van der Waals surface area contributed by atoms with E-state index in [9.17, 15) is 4.79 Å². The van der Waals surface area contributed by atoms with Crippen LogP contribution < -0.4 is 5.32 Å². The third-order valence-electron chi connectivity index (χ3n) is 5.38. The van der Waals surface area contributed by atoms with Gasteiger partial charge in [-0.1, -0.05) is 48.0 Å². The second-order valence-electron chi connectivity index (χ2n) is 7.89. The molecule has 158 valence electrons. The highest BCUT2D eigenvalue weighted by Crippen LogP contribution is 2.23. The number of benzene rings is 2. The largest absolute Gasteiger partial charge is 0.326 e. The molecule has 0 saturated carbocycles. The molecule has 0 atom stereocenters. The molecule has 0 bridgehead atoms. The van der Waals surface area contributed by atoms with Crippen molar-refractivity contribution in [2.75, 3.05) is 5.32 Å². The fourth-order valence-corrected chi connectivity index (χ4v) is 4.53. The Morgan fingerprint density at radius 3 is 2.58 bits per heavy atom. The van der Waals surface area contributed by atoms with Gasteiger partial charge in [-0.2, -0.15) is 5.10 Å². The van der Waals surface area contributed by atoms with Gasteiger partial charge in [0.15, 0.2) is 0 Å². The number of amides is 1. The van der Waals surface area contributed by atoms with E-state index in [1.165, 1.54) is 28.0 Å². The lowest BCUT2D eigenvalue weighted by Crippen LogP contribution is -2.15. The fourth-order valence-electron chi connectivity index (χ4n) is 3.70. The predicted octanol–water partition coefficient (Wildman–Crippen LogP) is 5.33. The van der Waals surface area contributed by atoms with Crippen LogP contribution in [0.5, 0.6) is 0 Å². The number of hydrogen-bond acceptors (Lipinski definition) is 4. The molecule has 0 spiro atoms. The first-order chi connectivity index (χ1) is 14.9. The van der Waals surface area contributed by atoms with Gasteiger partial charge >= 0.3 is 0 Å². The quantitative estimate of drug-likeness (QED) is 0.449. The van der Waals surface area contributed by atoms with Gasteiger partial charge in [-0.3, -0.25) is 4.79 Å². The minimum Gasteiger partial charge on any atom is -0.326 e. The average molecular weight is 431 g/mol. The minimum absolute atomic E-state index is 0.0677. The van der Waals surface area contributed by atoms with Crippen molar-refractivity contribution in [3.8, 4) is 5.13 Å². The normalized spacial score (nSPS) is 11.0. The van der Waals surface area contributed by atoms with Crippen molar-refractivity contribution < 1.29 is 4.79 Å². The molecule has 2 aromatic heterocycles. The van der Waals surface area contributed by atoms with Crippen LogP contribution in [0.3, 0.4) is 0 Å². The number of rotatable bonds is 6. The summed E-state index contributed by atoms with van der Waals surface area (Å²) in [6, 6.07) is 16.4. The number of aryl methyl sites for hydroxylation is 3. The number of anilines is 1. The lowest BCUT2D eigenvalue weighted by atomic mass is 10.0. The molecule has 5 nitrogen and oxygen atoms in total. The van der Waals surface area contributed by atoms with Crippen molar-refractivity contribution in [1.29, 1.82) is 0 Å². The van der Waals surface area contributed by atoms with Gasteiger partial charge < -0.3 is 5.32 Å². The highest BCUT2D eigenvalue weighted by molar-refractivity contribution is 7.12. The lowest BCUT2D eigenvalue weighted by molar-refractivity contribution is -0.115. The summed E-state index contributed by atoms with van der Waals surface area (Å²) >= 11 is 1.51. The van der Waals surface area contributed by atoms with Crippen molar-refractivity contribution in [2.45, 2.75) is 40.5 Å². The molecule has 2 heterocycles. The van der Waals surface area contributed by atoms with Crippen molar-refractivity contribution in [2.24, 2.45) is 0 Å². The van der Waals surface area contributed by atoms with Crippen LogP contribution in [0.25, 0.3) is 5.13 Å². The second kappa shape index (κ2) is 8.86. The Morgan fingerprint density at radius 1 is 1.06 bits per heavy atom. The Bertz CT molecular complexity index is 1220. The van der Waals surface area contributed by atoms with Gasteiger partial charge in [0.1, 0.15) is 0 Å². The van der Waals surface area contributed by atoms with Crippen LogP contribution >= 0.6 is 11.3 Å². The van der Waals surface area contributed by atoms with Gasteiger partial charge in [0.2, 0.25) is 11.0 Å². The van der Waals surface area contributed by atoms with E-state index in [1.54, 1.807) is 0 Å². The molecule has 0 aliphatic rings. The predicted molar refractivity (Wildman–Crippen MR) is 126 cm³/mol. The van der Waals surface area contributed by atoms with Gasteiger partial charge in [0, 0.05) is 28.7 Å². The van der Waals surface area contributed by atoms with E-state index in [4.69, 9.17) is 5.10 Å². The molecular weight excluding hydrogens is 404 g/mol. The second-order valence-corrected chi connectivity index (χ2v) is 8.72.